The third-order valence-corrected chi connectivity index (χ3v) is 4.59. The van der Waals surface area contributed by atoms with Crippen LogP contribution >= 0.6 is 23.2 Å². The fraction of sp³-hybridized carbons (Fsp3) is 0.600. The van der Waals surface area contributed by atoms with Crippen LogP contribution in [0, 0.1) is 0 Å². The monoisotopic (exact) mass is 316 g/mol. The molecule has 1 aliphatic heterocycles. The van der Waals surface area contributed by atoms with E-state index < -0.39 is 6.10 Å². The summed E-state index contributed by atoms with van der Waals surface area (Å²) in [6.45, 7) is 2.97. The van der Waals surface area contributed by atoms with Gasteiger partial charge in [0.1, 0.15) is 0 Å². The number of hydrogen-bond donors (Lipinski definition) is 1. The Kier molecular flexibility index (Phi) is 5.70. The first kappa shape index (κ1) is 16.1. The highest BCUT2D eigenvalue weighted by Crippen LogP contribution is 2.23. The molecule has 0 bridgehead atoms. The van der Waals surface area contributed by atoms with E-state index in [1.54, 1.807) is 6.07 Å². The number of aliphatic hydroxyl groups excluding tert-OH is 1. The largest absolute Gasteiger partial charge is 0.391 e. The topological polar surface area (TPSA) is 26.7 Å². The second kappa shape index (κ2) is 7.10. The lowest BCUT2D eigenvalue weighted by atomic mass is 10.0. The van der Waals surface area contributed by atoms with Crippen LogP contribution in [0.15, 0.2) is 18.2 Å². The minimum absolute atomic E-state index is 0.134. The molecule has 1 heterocycles. The van der Waals surface area contributed by atoms with Crippen LogP contribution in [0.2, 0.25) is 10.0 Å². The smallest absolute Gasteiger partial charge is 0.0748 e. The normalized spacial score (nSPS) is 23.6. The molecule has 1 aromatic rings. The first-order valence-electron chi connectivity index (χ1n) is 6.98. The van der Waals surface area contributed by atoms with Crippen LogP contribution in [0.4, 0.5) is 0 Å². The molecule has 2 atom stereocenters. The Bertz CT molecular complexity index is 455. The zero-order chi connectivity index (χ0) is 14.7. The van der Waals surface area contributed by atoms with E-state index in [2.05, 4.69) is 23.9 Å². The molecule has 112 valence electrons. The Hall–Kier alpha value is -0.320. The minimum atomic E-state index is -0.431. The summed E-state index contributed by atoms with van der Waals surface area (Å²) in [5.74, 6) is 0. The Labute approximate surface area is 131 Å². The molecule has 1 N–H and O–H groups in total. The summed E-state index contributed by atoms with van der Waals surface area (Å²) in [5, 5.41) is 11.8. The van der Waals surface area contributed by atoms with Gasteiger partial charge in [-0.05, 0) is 51.3 Å². The van der Waals surface area contributed by atoms with Crippen molar-refractivity contribution in [2.24, 2.45) is 0 Å². The fourth-order valence-electron chi connectivity index (χ4n) is 2.77. The Balaban J connectivity index is 2.07. The number of aliphatic hydroxyl groups is 1. The number of nitrogens with zero attached hydrogens (tertiary/aromatic N) is 2. The SMILES string of the molecule is CN1CCCN(C)C(C(O)Cc2ccc(Cl)cc2Cl)C1. The fourth-order valence-corrected chi connectivity index (χ4v) is 3.26. The number of likely N-dealkylation sites (N-methyl/N-ethyl adjacent to an activating group) is 2. The summed E-state index contributed by atoms with van der Waals surface area (Å²) >= 11 is 12.1. The molecule has 0 spiro atoms. The first-order chi connectivity index (χ1) is 9.47. The second-order valence-corrected chi connectivity index (χ2v) is 6.51. The maximum absolute atomic E-state index is 10.6. The van der Waals surface area contributed by atoms with Gasteiger partial charge in [0.25, 0.3) is 0 Å². The van der Waals surface area contributed by atoms with E-state index in [-0.39, 0.29) is 6.04 Å². The maximum atomic E-state index is 10.6. The van der Waals surface area contributed by atoms with Crippen LogP contribution < -0.4 is 0 Å². The van der Waals surface area contributed by atoms with Crippen LogP contribution in [0.1, 0.15) is 12.0 Å². The Morgan fingerprint density at radius 3 is 2.75 bits per heavy atom. The lowest BCUT2D eigenvalue weighted by Crippen LogP contribution is -2.47. The maximum Gasteiger partial charge on any atom is 0.0748 e. The summed E-state index contributed by atoms with van der Waals surface area (Å²) in [4.78, 5) is 4.53. The highest BCUT2D eigenvalue weighted by atomic mass is 35.5. The van der Waals surface area contributed by atoms with E-state index >= 15 is 0 Å². The van der Waals surface area contributed by atoms with Crippen molar-refractivity contribution in [3.8, 4) is 0 Å². The Morgan fingerprint density at radius 2 is 2.05 bits per heavy atom. The molecule has 20 heavy (non-hydrogen) atoms. The van der Waals surface area contributed by atoms with E-state index in [1.807, 2.05) is 12.1 Å². The lowest BCUT2D eigenvalue weighted by molar-refractivity contribution is 0.0581. The zero-order valence-electron chi connectivity index (χ0n) is 12.0. The molecule has 3 nitrogen and oxygen atoms in total. The van der Waals surface area contributed by atoms with Gasteiger partial charge in [-0.15, -0.1) is 0 Å². The molecule has 0 amide bonds. The van der Waals surface area contributed by atoms with Gasteiger partial charge in [-0.25, -0.2) is 0 Å². The Morgan fingerprint density at radius 1 is 1.30 bits per heavy atom. The van der Waals surface area contributed by atoms with Crippen LogP contribution in [0.3, 0.4) is 0 Å². The molecule has 0 aromatic heterocycles. The van der Waals surface area contributed by atoms with E-state index in [0.29, 0.717) is 16.5 Å². The average molecular weight is 317 g/mol. The van der Waals surface area contributed by atoms with Crippen molar-refractivity contribution >= 4 is 23.2 Å². The highest BCUT2D eigenvalue weighted by Gasteiger charge is 2.27. The van der Waals surface area contributed by atoms with Crippen molar-refractivity contribution in [2.45, 2.75) is 25.0 Å². The van der Waals surface area contributed by atoms with Gasteiger partial charge in [0.15, 0.2) is 0 Å². The molecule has 1 aliphatic rings. The van der Waals surface area contributed by atoms with E-state index in [1.165, 1.54) is 0 Å². The quantitative estimate of drug-likeness (QED) is 0.928. The van der Waals surface area contributed by atoms with Gasteiger partial charge in [-0.1, -0.05) is 29.3 Å². The zero-order valence-corrected chi connectivity index (χ0v) is 13.5. The molecule has 2 rings (SSSR count). The molecule has 0 aliphatic carbocycles. The number of halogens is 2. The number of benzene rings is 1. The lowest BCUT2D eigenvalue weighted by Gasteiger charge is -2.31. The van der Waals surface area contributed by atoms with E-state index in [4.69, 9.17) is 23.2 Å². The molecular weight excluding hydrogens is 295 g/mol. The third-order valence-electron chi connectivity index (χ3n) is 4.00. The van der Waals surface area contributed by atoms with Crippen LogP contribution in [-0.4, -0.2) is 60.8 Å². The van der Waals surface area contributed by atoms with E-state index in [0.717, 1.165) is 31.6 Å². The summed E-state index contributed by atoms with van der Waals surface area (Å²) < 4.78 is 0. The summed E-state index contributed by atoms with van der Waals surface area (Å²) in [6.07, 6.45) is 1.26. The van der Waals surface area contributed by atoms with Crippen molar-refractivity contribution in [1.82, 2.24) is 9.80 Å². The van der Waals surface area contributed by atoms with Crippen LogP contribution in [0.25, 0.3) is 0 Å². The van der Waals surface area contributed by atoms with Crippen LogP contribution in [-0.2, 0) is 6.42 Å². The van der Waals surface area contributed by atoms with Crippen molar-refractivity contribution in [3.05, 3.63) is 33.8 Å². The van der Waals surface area contributed by atoms with Crippen LogP contribution in [0.5, 0.6) is 0 Å². The van der Waals surface area contributed by atoms with Gasteiger partial charge in [-0.2, -0.15) is 0 Å². The standard InChI is InChI=1S/C15H22Cl2N2O/c1-18-6-3-7-19(2)14(10-18)15(20)8-11-4-5-12(16)9-13(11)17/h4-5,9,14-15,20H,3,6-8,10H2,1-2H3. The molecule has 5 heteroatoms. The third kappa shape index (κ3) is 4.09. The summed E-state index contributed by atoms with van der Waals surface area (Å²) in [6, 6.07) is 5.58. The minimum Gasteiger partial charge on any atom is -0.391 e. The van der Waals surface area contributed by atoms with E-state index in [9.17, 15) is 5.11 Å². The van der Waals surface area contributed by atoms with Crippen molar-refractivity contribution < 1.29 is 5.11 Å². The first-order valence-corrected chi connectivity index (χ1v) is 7.73. The van der Waals surface area contributed by atoms with Gasteiger partial charge in [0.2, 0.25) is 0 Å². The van der Waals surface area contributed by atoms with Crippen molar-refractivity contribution in [1.29, 1.82) is 0 Å². The molecule has 0 radical (unpaired) electrons. The predicted molar refractivity (Wildman–Crippen MR) is 84.7 cm³/mol. The average Bonchev–Trinajstić information content (AvgIpc) is 2.54. The molecule has 1 fully saturated rings. The molecule has 2 unspecified atom stereocenters. The van der Waals surface area contributed by atoms with Crippen molar-refractivity contribution in [3.63, 3.8) is 0 Å². The van der Waals surface area contributed by atoms with Gasteiger partial charge in [0, 0.05) is 29.1 Å². The molecular formula is C15H22Cl2N2O. The summed E-state index contributed by atoms with van der Waals surface area (Å²) in [7, 11) is 4.19. The molecule has 1 saturated heterocycles. The van der Waals surface area contributed by atoms with Gasteiger partial charge in [0.05, 0.1) is 6.10 Å². The molecule has 1 aromatic carbocycles. The van der Waals surface area contributed by atoms with Gasteiger partial charge < -0.3 is 10.0 Å². The highest BCUT2D eigenvalue weighted by molar-refractivity contribution is 6.35. The van der Waals surface area contributed by atoms with Gasteiger partial charge >= 0.3 is 0 Å². The van der Waals surface area contributed by atoms with Gasteiger partial charge in [-0.3, -0.25) is 4.90 Å². The predicted octanol–water partition coefficient (Wildman–Crippen LogP) is 2.53. The number of rotatable bonds is 3. The summed E-state index contributed by atoms with van der Waals surface area (Å²) in [5.41, 5.74) is 0.948. The number of hydrogen-bond acceptors (Lipinski definition) is 3. The molecule has 0 saturated carbocycles. The van der Waals surface area contributed by atoms with Crippen molar-refractivity contribution in [2.75, 3.05) is 33.7 Å². The second-order valence-electron chi connectivity index (χ2n) is 5.67.